The van der Waals surface area contributed by atoms with Crippen molar-refractivity contribution in [1.29, 1.82) is 0 Å². The number of fused-ring (bicyclic) bond motifs is 2. The smallest absolute Gasteiger partial charge is 0.253 e. The zero-order chi connectivity index (χ0) is 21.3. The number of rotatable bonds is 4. The minimum Gasteiger partial charge on any atom is -0.368 e. The number of nitrogens with two attached hydrogens (primary N) is 1. The van der Waals surface area contributed by atoms with Crippen LogP contribution in [0, 0.1) is 0 Å². The third kappa shape index (κ3) is 4.18. The normalized spacial score (nSPS) is 17.0. The Kier molecular flexibility index (Phi) is 6.65. The van der Waals surface area contributed by atoms with Gasteiger partial charge in [-0.15, -0.1) is 12.4 Å². The Morgan fingerprint density at radius 2 is 1.78 bits per heavy atom. The first-order valence-electron chi connectivity index (χ1n) is 11.1. The number of halogens is 1. The van der Waals surface area contributed by atoms with Gasteiger partial charge in [-0.25, -0.2) is 4.68 Å². The van der Waals surface area contributed by atoms with Crippen molar-refractivity contribution in [2.75, 3.05) is 26.2 Å². The maximum atomic E-state index is 13.0. The van der Waals surface area contributed by atoms with Crippen LogP contribution < -0.4 is 5.73 Å². The van der Waals surface area contributed by atoms with Gasteiger partial charge in [-0.3, -0.25) is 4.79 Å². The van der Waals surface area contributed by atoms with Crippen molar-refractivity contribution >= 4 is 18.3 Å². The number of ether oxygens (including phenoxy) is 1. The summed E-state index contributed by atoms with van der Waals surface area (Å²) in [6.45, 7) is 2.65. The van der Waals surface area contributed by atoms with E-state index in [0.29, 0.717) is 26.2 Å². The predicted molar refractivity (Wildman–Crippen MR) is 126 cm³/mol. The van der Waals surface area contributed by atoms with E-state index in [1.54, 1.807) is 0 Å². The molecule has 2 N–H and O–H groups in total. The van der Waals surface area contributed by atoms with Gasteiger partial charge in [0, 0.05) is 24.8 Å². The van der Waals surface area contributed by atoms with Gasteiger partial charge in [-0.05, 0) is 67.6 Å². The molecule has 5 rings (SSSR count). The Balaban J connectivity index is 0.00000245. The van der Waals surface area contributed by atoms with E-state index in [4.69, 9.17) is 15.6 Å². The Bertz CT molecular complexity index is 1060. The molecular formula is C25H29ClN4O2. The van der Waals surface area contributed by atoms with Crippen LogP contribution in [-0.4, -0.2) is 46.8 Å². The highest BCUT2D eigenvalue weighted by molar-refractivity contribution is 5.94. The second-order valence-electron chi connectivity index (χ2n) is 8.40. The third-order valence-corrected chi connectivity index (χ3v) is 6.48. The van der Waals surface area contributed by atoms with E-state index < -0.39 is 5.60 Å². The highest BCUT2D eigenvalue weighted by Crippen LogP contribution is 2.41. The highest BCUT2D eigenvalue weighted by atomic mass is 35.5. The molecule has 168 valence electrons. The summed E-state index contributed by atoms with van der Waals surface area (Å²) in [5.74, 6) is 0.0833. The summed E-state index contributed by atoms with van der Waals surface area (Å²) in [5, 5.41) is 4.93. The van der Waals surface area contributed by atoms with Gasteiger partial charge >= 0.3 is 0 Å². The standard InChI is InChI=1S/C25H28N4O2.ClH/c26-14-10-19-6-8-20(9-7-19)24(30)28-15-12-25(13-16-28)23-21(11-17-31-25)18-29(27-23)22-4-2-1-3-5-22;/h1-9,18H,10-17,26H2;1H. The van der Waals surface area contributed by atoms with Crippen LogP contribution in [0.5, 0.6) is 0 Å². The molecule has 7 heteroatoms. The summed E-state index contributed by atoms with van der Waals surface area (Å²) in [4.78, 5) is 15.0. The molecule has 0 aliphatic carbocycles. The topological polar surface area (TPSA) is 73.4 Å². The van der Waals surface area contributed by atoms with Gasteiger partial charge in [0.2, 0.25) is 0 Å². The van der Waals surface area contributed by atoms with Crippen LogP contribution in [0.25, 0.3) is 5.69 Å². The van der Waals surface area contributed by atoms with Gasteiger partial charge < -0.3 is 15.4 Å². The molecule has 2 aliphatic rings. The first-order valence-corrected chi connectivity index (χ1v) is 11.1. The summed E-state index contributed by atoms with van der Waals surface area (Å²) < 4.78 is 8.29. The lowest BCUT2D eigenvalue weighted by molar-refractivity contribution is -0.0963. The predicted octanol–water partition coefficient (Wildman–Crippen LogP) is 3.50. The molecule has 0 saturated carbocycles. The minimum absolute atomic E-state index is 0. The monoisotopic (exact) mass is 452 g/mol. The maximum Gasteiger partial charge on any atom is 0.253 e. The molecule has 32 heavy (non-hydrogen) atoms. The zero-order valence-corrected chi connectivity index (χ0v) is 18.9. The summed E-state index contributed by atoms with van der Waals surface area (Å²) >= 11 is 0. The second-order valence-corrected chi connectivity index (χ2v) is 8.40. The van der Waals surface area contributed by atoms with E-state index in [1.807, 2.05) is 52.0 Å². The zero-order valence-electron chi connectivity index (χ0n) is 18.1. The average molecular weight is 453 g/mol. The molecule has 0 unspecified atom stereocenters. The van der Waals surface area contributed by atoms with Gasteiger partial charge in [0.15, 0.2) is 0 Å². The number of likely N-dealkylation sites (tertiary alicyclic amines) is 1. The molecule has 1 saturated heterocycles. The van der Waals surface area contributed by atoms with Crippen LogP contribution in [0.2, 0.25) is 0 Å². The van der Waals surface area contributed by atoms with E-state index in [1.165, 1.54) is 5.56 Å². The van der Waals surface area contributed by atoms with Crippen molar-refractivity contribution in [2.45, 2.75) is 31.3 Å². The second kappa shape index (κ2) is 9.45. The lowest BCUT2D eigenvalue weighted by Gasteiger charge is -2.43. The third-order valence-electron chi connectivity index (χ3n) is 6.48. The molecule has 2 aromatic carbocycles. The highest BCUT2D eigenvalue weighted by Gasteiger charge is 2.44. The number of carbonyl (C=O) groups is 1. The number of benzene rings is 2. The maximum absolute atomic E-state index is 13.0. The Labute approximate surface area is 194 Å². The molecule has 2 aliphatic heterocycles. The molecule has 1 aromatic heterocycles. The molecule has 0 bridgehead atoms. The van der Waals surface area contributed by atoms with Crippen LogP contribution in [0.1, 0.15) is 40.0 Å². The van der Waals surface area contributed by atoms with Gasteiger partial charge in [0.1, 0.15) is 5.60 Å². The lowest BCUT2D eigenvalue weighted by atomic mass is 9.83. The molecule has 6 nitrogen and oxygen atoms in total. The number of para-hydroxylation sites is 1. The van der Waals surface area contributed by atoms with E-state index in [0.717, 1.165) is 48.2 Å². The number of piperidine rings is 1. The van der Waals surface area contributed by atoms with Crippen molar-refractivity contribution in [3.8, 4) is 5.69 Å². The van der Waals surface area contributed by atoms with Crippen LogP contribution in [0.3, 0.4) is 0 Å². The number of hydrogen-bond donors (Lipinski definition) is 1. The summed E-state index contributed by atoms with van der Waals surface area (Å²) in [7, 11) is 0. The largest absolute Gasteiger partial charge is 0.368 e. The number of amides is 1. The molecule has 3 heterocycles. The molecule has 1 amide bonds. The first-order chi connectivity index (χ1) is 15.2. The Morgan fingerprint density at radius 3 is 2.47 bits per heavy atom. The van der Waals surface area contributed by atoms with Crippen LogP contribution in [0.4, 0.5) is 0 Å². The minimum atomic E-state index is -0.393. The molecule has 0 atom stereocenters. The van der Waals surface area contributed by atoms with Gasteiger partial charge in [-0.1, -0.05) is 30.3 Å². The van der Waals surface area contributed by atoms with Gasteiger partial charge in [-0.2, -0.15) is 5.10 Å². The van der Waals surface area contributed by atoms with Crippen molar-refractivity contribution < 1.29 is 9.53 Å². The molecular weight excluding hydrogens is 424 g/mol. The first kappa shape index (κ1) is 22.5. The lowest BCUT2D eigenvalue weighted by Crippen LogP contribution is -2.48. The van der Waals surface area contributed by atoms with Crippen LogP contribution >= 0.6 is 12.4 Å². The summed E-state index contributed by atoms with van der Waals surface area (Å²) in [6.07, 6.45) is 5.37. The fourth-order valence-corrected chi connectivity index (χ4v) is 4.73. The molecule has 1 fully saturated rings. The fourth-order valence-electron chi connectivity index (χ4n) is 4.73. The Morgan fingerprint density at radius 1 is 1.06 bits per heavy atom. The van der Waals surface area contributed by atoms with Gasteiger partial charge in [0.05, 0.1) is 18.0 Å². The summed E-state index contributed by atoms with van der Waals surface area (Å²) in [5.41, 5.74) is 10.5. The van der Waals surface area contributed by atoms with E-state index in [2.05, 4.69) is 18.3 Å². The van der Waals surface area contributed by atoms with Gasteiger partial charge in [0.25, 0.3) is 5.91 Å². The fraction of sp³-hybridized carbons (Fsp3) is 0.360. The average Bonchev–Trinajstić information content (AvgIpc) is 3.27. The molecule has 3 aromatic rings. The summed E-state index contributed by atoms with van der Waals surface area (Å²) in [6, 6.07) is 18.0. The van der Waals surface area contributed by atoms with Crippen molar-refractivity contribution in [1.82, 2.24) is 14.7 Å². The number of carbonyl (C=O) groups excluding carboxylic acids is 1. The SMILES string of the molecule is Cl.NCCc1ccc(C(=O)N2CCC3(CC2)OCCc2cn(-c4ccccc4)nc23)cc1. The van der Waals surface area contributed by atoms with Crippen molar-refractivity contribution in [3.63, 3.8) is 0 Å². The van der Waals surface area contributed by atoms with Crippen molar-refractivity contribution in [2.24, 2.45) is 5.73 Å². The van der Waals surface area contributed by atoms with E-state index in [9.17, 15) is 4.79 Å². The number of aromatic nitrogens is 2. The number of hydrogen-bond acceptors (Lipinski definition) is 4. The Hall–Kier alpha value is -2.67. The number of nitrogens with zero attached hydrogens (tertiary/aromatic N) is 3. The van der Waals surface area contributed by atoms with Crippen molar-refractivity contribution in [3.05, 3.63) is 83.2 Å². The van der Waals surface area contributed by atoms with E-state index >= 15 is 0 Å². The molecule has 0 radical (unpaired) electrons. The molecule has 1 spiro atoms. The van der Waals surface area contributed by atoms with Crippen LogP contribution in [-0.2, 0) is 23.2 Å². The van der Waals surface area contributed by atoms with E-state index in [-0.39, 0.29) is 18.3 Å². The van der Waals surface area contributed by atoms with Crippen LogP contribution in [0.15, 0.2) is 60.8 Å². The quantitative estimate of drug-likeness (QED) is 0.657.